The Morgan fingerprint density at radius 2 is 1.19 bits per heavy atom. The lowest BCUT2D eigenvalue weighted by Crippen LogP contribution is -2.63. The minimum Gasteiger partial charge on any atom is -0.459 e. The van der Waals surface area contributed by atoms with E-state index >= 15 is 0 Å². The number of carbonyl (C=O) groups is 2. The molecule has 6 nitrogen and oxygen atoms in total. The van der Waals surface area contributed by atoms with Crippen molar-refractivity contribution in [2.45, 2.75) is 110 Å². The molecule has 1 fully saturated rings. The zero-order valence-electron chi connectivity index (χ0n) is 19.0. The summed E-state index contributed by atoms with van der Waals surface area (Å²) in [5.74, 6) is -0.639. The van der Waals surface area contributed by atoms with Crippen LogP contribution in [0.2, 0.25) is 0 Å². The maximum absolute atomic E-state index is 12.5. The molecule has 0 saturated carbocycles. The molecule has 1 saturated heterocycles. The normalized spacial score (nSPS) is 20.4. The van der Waals surface area contributed by atoms with Gasteiger partial charge in [-0.3, -0.25) is 14.5 Å². The summed E-state index contributed by atoms with van der Waals surface area (Å²) in [4.78, 5) is 26.9. The fraction of sp³-hybridized carbons (Fsp3) is 0.905. The third kappa shape index (κ3) is 9.56. The quantitative estimate of drug-likeness (QED) is 0.734. The highest BCUT2D eigenvalue weighted by atomic mass is 16.6. The summed E-state index contributed by atoms with van der Waals surface area (Å²) in [5.41, 5.74) is -1.29. The van der Waals surface area contributed by atoms with E-state index in [0.717, 1.165) is 12.8 Å². The Morgan fingerprint density at radius 3 is 1.48 bits per heavy atom. The molecule has 0 amide bonds. The summed E-state index contributed by atoms with van der Waals surface area (Å²) in [6.45, 7) is 19.8. The first kappa shape index (κ1) is 23.9. The van der Waals surface area contributed by atoms with E-state index in [1.54, 1.807) is 0 Å². The second-order valence-corrected chi connectivity index (χ2v) is 11.0. The van der Waals surface area contributed by atoms with Crippen LogP contribution in [0.5, 0.6) is 0 Å². The summed E-state index contributed by atoms with van der Waals surface area (Å²) < 4.78 is 11.0. The molecule has 0 aromatic heterocycles. The van der Waals surface area contributed by atoms with Crippen LogP contribution < -0.4 is 5.32 Å². The first-order valence-electron chi connectivity index (χ1n) is 9.85. The average Bonchev–Trinajstić information content (AvgIpc) is 2.28. The van der Waals surface area contributed by atoms with Crippen LogP contribution in [-0.4, -0.2) is 58.2 Å². The number of carbonyl (C=O) groups excluding carboxylic acids is 2. The molecule has 1 rings (SSSR count). The molecule has 1 aliphatic rings. The van der Waals surface area contributed by atoms with Crippen LogP contribution >= 0.6 is 0 Å². The van der Waals surface area contributed by atoms with E-state index in [1.165, 1.54) is 0 Å². The summed E-state index contributed by atoms with van der Waals surface area (Å²) in [6.07, 6.45) is 1.67. The SMILES string of the molecule is CC1(C)CC(N(CC(=O)OC(C)(C)C)CC(=O)OC(C)(C)C)CC(C)(C)N1. The van der Waals surface area contributed by atoms with E-state index in [2.05, 4.69) is 33.0 Å². The molecule has 0 radical (unpaired) electrons. The molecule has 6 heteroatoms. The molecule has 0 aromatic rings. The van der Waals surface area contributed by atoms with Crippen LogP contribution in [0.3, 0.4) is 0 Å². The molecule has 0 unspecified atom stereocenters. The molecule has 1 heterocycles. The molecule has 0 atom stereocenters. The maximum atomic E-state index is 12.5. The Hall–Kier alpha value is -1.14. The Labute approximate surface area is 165 Å². The number of hydrogen-bond donors (Lipinski definition) is 1. The van der Waals surface area contributed by atoms with Gasteiger partial charge >= 0.3 is 11.9 Å². The molecular weight excluding hydrogens is 344 g/mol. The van der Waals surface area contributed by atoms with E-state index in [9.17, 15) is 9.59 Å². The second-order valence-electron chi connectivity index (χ2n) is 11.0. The van der Waals surface area contributed by atoms with Gasteiger partial charge < -0.3 is 14.8 Å². The maximum Gasteiger partial charge on any atom is 0.320 e. The molecular formula is C21H40N2O4. The summed E-state index contributed by atoms with van der Waals surface area (Å²) in [5, 5.41) is 3.64. The van der Waals surface area contributed by atoms with Crippen LogP contribution in [0.1, 0.15) is 82.1 Å². The van der Waals surface area contributed by atoms with Crippen molar-refractivity contribution in [3.05, 3.63) is 0 Å². The van der Waals surface area contributed by atoms with Gasteiger partial charge in [0.1, 0.15) is 11.2 Å². The first-order valence-corrected chi connectivity index (χ1v) is 9.85. The van der Waals surface area contributed by atoms with Gasteiger partial charge in [-0.1, -0.05) is 0 Å². The van der Waals surface area contributed by atoms with Gasteiger partial charge in [-0.25, -0.2) is 0 Å². The van der Waals surface area contributed by atoms with E-state index in [-0.39, 0.29) is 42.1 Å². The summed E-state index contributed by atoms with van der Waals surface area (Å²) in [6, 6.07) is 0.0799. The minimum absolute atomic E-state index is 0.0767. The highest BCUT2D eigenvalue weighted by Crippen LogP contribution is 2.31. The molecule has 1 N–H and O–H groups in total. The van der Waals surface area contributed by atoms with Gasteiger partial charge in [0.25, 0.3) is 0 Å². The first-order chi connectivity index (χ1) is 11.9. The summed E-state index contributed by atoms with van der Waals surface area (Å²) >= 11 is 0. The summed E-state index contributed by atoms with van der Waals surface area (Å²) in [7, 11) is 0. The van der Waals surface area contributed by atoms with Gasteiger partial charge in [0.2, 0.25) is 0 Å². The van der Waals surface area contributed by atoms with E-state index in [4.69, 9.17) is 9.47 Å². The lowest BCUT2D eigenvalue weighted by atomic mass is 9.79. The van der Waals surface area contributed by atoms with Crippen molar-refractivity contribution >= 4 is 11.9 Å². The van der Waals surface area contributed by atoms with Crippen molar-refractivity contribution in [3.8, 4) is 0 Å². The number of rotatable bonds is 5. The monoisotopic (exact) mass is 384 g/mol. The van der Waals surface area contributed by atoms with Crippen LogP contribution in [0, 0.1) is 0 Å². The van der Waals surface area contributed by atoms with Crippen molar-refractivity contribution in [3.63, 3.8) is 0 Å². The van der Waals surface area contributed by atoms with Crippen molar-refractivity contribution in [2.24, 2.45) is 0 Å². The molecule has 0 aromatic carbocycles. The fourth-order valence-corrected chi connectivity index (χ4v) is 3.92. The predicted molar refractivity (Wildman–Crippen MR) is 108 cm³/mol. The third-order valence-electron chi connectivity index (χ3n) is 4.19. The van der Waals surface area contributed by atoms with Crippen molar-refractivity contribution in [1.29, 1.82) is 0 Å². The van der Waals surface area contributed by atoms with Gasteiger partial charge in [-0.2, -0.15) is 0 Å². The number of nitrogens with one attached hydrogen (secondary N) is 1. The number of hydrogen-bond acceptors (Lipinski definition) is 6. The molecule has 158 valence electrons. The molecule has 0 spiro atoms. The molecule has 0 aliphatic carbocycles. The minimum atomic E-state index is -0.554. The van der Waals surface area contributed by atoms with E-state index in [1.807, 2.05) is 46.4 Å². The van der Waals surface area contributed by atoms with E-state index < -0.39 is 11.2 Å². The molecule has 27 heavy (non-hydrogen) atoms. The fourth-order valence-electron chi connectivity index (χ4n) is 3.92. The van der Waals surface area contributed by atoms with Gasteiger partial charge in [0.15, 0.2) is 0 Å². The molecule has 1 aliphatic heterocycles. The van der Waals surface area contributed by atoms with Crippen molar-refractivity contribution < 1.29 is 19.1 Å². The number of piperidine rings is 1. The lowest BCUT2D eigenvalue weighted by molar-refractivity contribution is -0.162. The van der Waals surface area contributed by atoms with Crippen LogP contribution in [0.15, 0.2) is 0 Å². The lowest BCUT2D eigenvalue weighted by Gasteiger charge is -2.49. The largest absolute Gasteiger partial charge is 0.459 e. The highest BCUT2D eigenvalue weighted by Gasteiger charge is 2.41. The van der Waals surface area contributed by atoms with Crippen molar-refractivity contribution in [1.82, 2.24) is 10.2 Å². The third-order valence-corrected chi connectivity index (χ3v) is 4.19. The Balaban J connectivity index is 2.98. The topological polar surface area (TPSA) is 67.9 Å². The highest BCUT2D eigenvalue weighted by molar-refractivity contribution is 5.75. The Morgan fingerprint density at radius 1 is 0.852 bits per heavy atom. The van der Waals surface area contributed by atoms with E-state index in [0.29, 0.717) is 0 Å². The van der Waals surface area contributed by atoms with Gasteiger partial charge in [-0.05, 0) is 82.1 Å². The standard InChI is InChI=1S/C21H40N2O4/c1-18(2,3)26-16(24)13-23(14-17(25)27-19(4,5)6)15-11-20(7,8)22-21(9,10)12-15/h15,22H,11-14H2,1-10H3. The number of nitrogens with zero attached hydrogens (tertiary/aromatic N) is 1. The van der Waals surface area contributed by atoms with Crippen LogP contribution in [0.25, 0.3) is 0 Å². The Bertz CT molecular complexity index is 495. The van der Waals surface area contributed by atoms with Crippen LogP contribution in [-0.2, 0) is 19.1 Å². The van der Waals surface area contributed by atoms with Crippen LogP contribution in [0.4, 0.5) is 0 Å². The molecule has 0 bridgehead atoms. The smallest absolute Gasteiger partial charge is 0.320 e. The number of ether oxygens (including phenoxy) is 2. The average molecular weight is 385 g/mol. The zero-order chi connectivity index (χ0) is 21.3. The van der Waals surface area contributed by atoms with Crippen molar-refractivity contribution in [2.75, 3.05) is 13.1 Å². The van der Waals surface area contributed by atoms with Gasteiger partial charge in [0.05, 0.1) is 13.1 Å². The van der Waals surface area contributed by atoms with Gasteiger partial charge in [-0.15, -0.1) is 0 Å². The van der Waals surface area contributed by atoms with Gasteiger partial charge in [0, 0.05) is 17.1 Å². The number of esters is 2. The Kier molecular flexibility index (Phi) is 7.15. The zero-order valence-corrected chi connectivity index (χ0v) is 19.0. The predicted octanol–water partition coefficient (Wildman–Crippen LogP) is 3.28. The second kappa shape index (κ2) is 8.08.